The van der Waals surface area contributed by atoms with Gasteiger partial charge in [0, 0.05) is 45.0 Å². The van der Waals surface area contributed by atoms with Crippen LogP contribution in [0.3, 0.4) is 0 Å². The van der Waals surface area contributed by atoms with Crippen LogP contribution in [-0.4, -0.2) is 0 Å². The highest BCUT2D eigenvalue weighted by molar-refractivity contribution is 5.93. The second kappa shape index (κ2) is 26.8. The molecule has 0 amide bonds. The van der Waals surface area contributed by atoms with Crippen molar-refractivity contribution in [3.63, 3.8) is 0 Å². The van der Waals surface area contributed by atoms with E-state index >= 15 is 0 Å². The number of aryl methyl sites for hydroxylation is 6. The molecule has 0 unspecified atom stereocenters. The SMILES string of the molecule is CCCCc1ccc(N(c2ccc(CCCC)cc2)c2ccc(C3(c4ccc(N(c5ccc(CCCC)cc5)c5ccc(CCCC)cc5)cc4)c4cc(-c5ccc6c(c5)C(C)(C)c5cc(C)ccc5-6)ccc4-c4ccc(-c5ccc6c(c5)C(C)(C)c5cc(C)ccc5-6)cc43)cc2)cc1. The standard InChI is InChI=1S/C97H96N2/c1-11-15-19-67-25-41-77(42-26-67)98(78-43-27-68(28-44-78)20-16-12-2)81-49-37-75(38-50-81)97(76-39-51-82(52-40-76)99(79-45-29-69(30-46-79)21-17-13-3)80-47-31-70(32-48-80)22-18-14-4)93-63-73(71-33-55-85-83-53-23-65(5)59-89(83)95(7,8)91(85)61-71)35-57-87(93)88-58-36-74(64-94(88)97)72-34-56-86-84-54-24-66(6)60-90(84)96(9,10)92(86)62-72/h23-64H,11-22H2,1-10H3. The van der Waals surface area contributed by atoms with Gasteiger partial charge < -0.3 is 9.80 Å². The number of nitrogens with zero attached hydrogens (tertiary/aromatic N) is 2. The van der Waals surface area contributed by atoms with Gasteiger partial charge in [-0.2, -0.15) is 0 Å². The highest BCUT2D eigenvalue weighted by Crippen LogP contribution is 2.60. The second-order valence-corrected chi connectivity index (χ2v) is 30.0. The molecule has 0 spiro atoms. The van der Waals surface area contributed by atoms with E-state index in [1.807, 2.05) is 0 Å². The van der Waals surface area contributed by atoms with Gasteiger partial charge in [0.05, 0.1) is 5.41 Å². The van der Waals surface area contributed by atoms with Crippen LogP contribution in [0.25, 0.3) is 55.6 Å². The van der Waals surface area contributed by atoms with Crippen LogP contribution in [0.5, 0.6) is 0 Å². The summed E-state index contributed by atoms with van der Waals surface area (Å²) in [6, 6.07) is 100. The Balaban J connectivity index is 0.950. The molecule has 0 heterocycles. The summed E-state index contributed by atoms with van der Waals surface area (Å²) in [6.07, 6.45) is 13.8. The molecule has 0 fully saturated rings. The molecule has 12 aromatic carbocycles. The summed E-state index contributed by atoms with van der Waals surface area (Å²) in [5, 5.41) is 0. The lowest BCUT2D eigenvalue weighted by Crippen LogP contribution is -2.29. The number of anilines is 6. The van der Waals surface area contributed by atoms with Gasteiger partial charge >= 0.3 is 0 Å². The Kier molecular flexibility index (Phi) is 17.7. The van der Waals surface area contributed by atoms with E-state index in [0.717, 1.165) is 59.8 Å². The van der Waals surface area contributed by atoms with Crippen molar-refractivity contribution in [2.75, 3.05) is 9.80 Å². The van der Waals surface area contributed by atoms with E-state index in [0.29, 0.717) is 0 Å². The van der Waals surface area contributed by atoms with Gasteiger partial charge in [0.25, 0.3) is 0 Å². The predicted octanol–water partition coefficient (Wildman–Crippen LogP) is 26.9. The van der Waals surface area contributed by atoms with Gasteiger partial charge in [-0.05, 0) is 285 Å². The Bertz CT molecular complexity index is 4510. The van der Waals surface area contributed by atoms with Crippen LogP contribution >= 0.6 is 0 Å². The lowest BCUT2D eigenvalue weighted by Gasteiger charge is -2.35. The van der Waals surface area contributed by atoms with Crippen molar-refractivity contribution in [1.82, 2.24) is 0 Å². The normalized spacial score (nSPS) is 13.9. The van der Waals surface area contributed by atoms with Crippen molar-refractivity contribution >= 4 is 34.1 Å². The molecule has 0 radical (unpaired) electrons. The third-order valence-corrected chi connectivity index (χ3v) is 22.6. The van der Waals surface area contributed by atoms with Gasteiger partial charge in [0.15, 0.2) is 0 Å². The minimum absolute atomic E-state index is 0.151. The predicted molar refractivity (Wildman–Crippen MR) is 423 cm³/mol. The first kappa shape index (κ1) is 65.2. The van der Waals surface area contributed by atoms with Crippen molar-refractivity contribution in [3.05, 3.63) is 333 Å². The van der Waals surface area contributed by atoms with Crippen LogP contribution in [-0.2, 0) is 41.9 Å². The molecule has 15 rings (SSSR count). The molecular weight excluding hydrogens is 1190 g/mol. The lowest BCUT2D eigenvalue weighted by molar-refractivity contribution is 0.660. The number of hydrogen-bond acceptors (Lipinski definition) is 2. The largest absolute Gasteiger partial charge is 0.311 e. The van der Waals surface area contributed by atoms with Crippen molar-refractivity contribution in [3.8, 4) is 55.6 Å². The molecule has 0 bridgehead atoms. The number of rotatable bonds is 22. The summed E-state index contributed by atoms with van der Waals surface area (Å²) in [5.74, 6) is 0. The average Bonchev–Trinajstić information content (AvgIpc) is 1.55. The molecule has 494 valence electrons. The fraction of sp³-hybridized carbons (Fsp3) is 0.258. The van der Waals surface area contributed by atoms with E-state index in [1.54, 1.807) is 0 Å². The number of unbranched alkanes of at least 4 members (excludes halogenated alkanes) is 4. The molecule has 0 N–H and O–H groups in total. The minimum Gasteiger partial charge on any atom is -0.311 e. The van der Waals surface area contributed by atoms with E-state index in [9.17, 15) is 0 Å². The Hall–Kier alpha value is -9.76. The van der Waals surface area contributed by atoms with Crippen molar-refractivity contribution < 1.29 is 0 Å². The zero-order valence-electron chi connectivity index (χ0n) is 60.1. The van der Waals surface area contributed by atoms with Crippen molar-refractivity contribution in [1.29, 1.82) is 0 Å². The van der Waals surface area contributed by atoms with Gasteiger partial charge in [-0.15, -0.1) is 0 Å². The maximum Gasteiger partial charge on any atom is 0.0714 e. The van der Waals surface area contributed by atoms with E-state index in [-0.39, 0.29) is 10.8 Å². The van der Waals surface area contributed by atoms with Gasteiger partial charge in [-0.3, -0.25) is 0 Å². The fourth-order valence-corrected chi connectivity index (χ4v) is 16.9. The highest BCUT2D eigenvalue weighted by Gasteiger charge is 2.47. The Labute approximate surface area is 591 Å². The summed E-state index contributed by atoms with van der Waals surface area (Å²) >= 11 is 0. The van der Waals surface area contributed by atoms with Crippen LogP contribution in [0.1, 0.15) is 185 Å². The van der Waals surface area contributed by atoms with Gasteiger partial charge in [-0.25, -0.2) is 0 Å². The van der Waals surface area contributed by atoms with Crippen LogP contribution in [0.4, 0.5) is 34.1 Å². The summed E-state index contributed by atoms with van der Waals surface area (Å²) < 4.78 is 0. The van der Waals surface area contributed by atoms with E-state index < -0.39 is 5.41 Å². The monoisotopic (exact) mass is 1290 g/mol. The molecule has 0 saturated carbocycles. The zero-order chi connectivity index (χ0) is 68.2. The van der Waals surface area contributed by atoms with Crippen LogP contribution in [0.2, 0.25) is 0 Å². The lowest BCUT2D eigenvalue weighted by atomic mass is 9.67. The maximum absolute atomic E-state index is 2.58. The second-order valence-electron chi connectivity index (χ2n) is 30.0. The molecule has 3 aliphatic carbocycles. The number of hydrogen-bond donors (Lipinski definition) is 0. The molecule has 99 heavy (non-hydrogen) atoms. The van der Waals surface area contributed by atoms with E-state index in [4.69, 9.17) is 0 Å². The summed E-state index contributed by atoms with van der Waals surface area (Å²) in [7, 11) is 0. The third-order valence-electron chi connectivity index (χ3n) is 22.6. The molecule has 0 saturated heterocycles. The molecular formula is C97H96N2. The summed E-state index contributed by atoms with van der Waals surface area (Å²) in [5.41, 5.74) is 37.3. The van der Waals surface area contributed by atoms with E-state index in [1.165, 1.54) is 185 Å². The topological polar surface area (TPSA) is 6.48 Å². The molecule has 2 nitrogen and oxygen atoms in total. The van der Waals surface area contributed by atoms with Crippen LogP contribution in [0.15, 0.2) is 255 Å². The Morgan fingerprint density at radius 1 is 0.242 bits per heavy atom. The third kappa shape index (κ3) is 11.8. The highest BCUT2D eigenvalue weighted by atomic mass is 15.1. The number of benzene rings is 12. The quantitative estimate of drug-likeness (QED) is 0.0667. The maximum atomic E-state index is 2.58. The van der Waals surface area contributed by atoms with Crippen molar-refractivity contribution in [2.24, 2.45) is 0 Å². The minimum atomic E-state index is -0.777. The molecule has 0 atom stereocenters. The molecule has 3 aliphatic rings. The van der Waals surface area contributed by atoms with Gasteiger partial charge in [-0.1, -0.05) is 250 Å². The van der Waals surface area contributed by atoms with Crippen molar-refractivity contribution in [2.45, 2.75) is 163 Å². The first-order valence-corrected chi connectivity index (χ1v) is 37.2. The van der Waals surface area contributed by atoms with Crippen LogP contribution < -0.4 is 9.80 Å². The van der Waals surface area contributed by atoms with Gasteiger partial charge in [0.1, 0.15) is 0 Å². The molecule has 2 heteroatoms. The molecule has 0 aromatic heterocycles. The van der Waals surface area contributed by atoms with Gasteiger partial charge in [0.2, 0.25) is 0 Å². The van der Waals surface area contributed by atoms with E-state index in [2.05, 4.69) is 334 Å². The zero-order valence-corrected chi connectivity index (χ0v) is 60.1. The summed E-state index contributed by atoms with van der Waals surface area (Å²) in [4.78, 5) is 4.94. The first-order valence-electron chi connectivity index (χ1n) is 37.2. The molecule has 12 aromatic rings. The molecule has 0 aliphatic heterocycles. The first-order chi connectivity index (χ1) is 48.2. The fourth-order valence-electron chi connectivity index (χ4n) is 16.9. The number of fused-ring (bicyclic) bond motifs is 9. The Morgan fingerprint density at radius 2 is 0.465 bits per heavy atom. The smallest absolute Gasteiger partial charge is 0.0714 e. The average molecular weight is 1290 g/mol. The Morgan fingerprint density at radius 3 is 0.727 bits per heavy atom. The van der Waals surface area contributed by atoms with Crippen LogP contribution in [0, 0.1) is 13.8 Å². The summed E-state index contributed by atoms with van der Waals surface area (Å²) in [6.45, 7) is 23.2.